The van der Waals surface area contributed by atoms with Crippen LogP contribution in [0.15, 0.2) is 5.16 Å². The van der Waals surface area contributed by atoms with Crippen LogP contribution < -0.4 is 5.32 Å². The van der Waals surface area contributed by atoms with Gasteiger partial charge in [-0.3, -0.25) is 9.20 Å². The van der Waals surface area contributed by atoms with E-state index in [1.54, 1.807) is 0 Å². The number of nitrogens with zero attached hydrogens (tertiary/aromatic N) is 4. The van der Waals surface area contributed by atoms with E-state index in [0.29, 0.717) is 11.8 Å². The molecule has 2 aliphatic rings. The summed E-state index contributed by atoms with van der Waals surface area (Å²) < 4.78 is 2.03. The molecule has 29 heavy (non-hydrogen) atoms. The van der Waals surface area contributed by atoms with Crippen LogP contribution >= 0.6 is 23.1 Å². The molecule has 3 aromatic rings. The number of hydrogen-bond acceptors (Lipinski definition) is 6. The first-order valence-corrected chi connectivity index (χ1v) is 12.5. The fourth-order valence-corrected chi connectivity index (χ4v) is 6.92. The average molecular weight is 430 g/mol. The molecule has 1 amide bonds. The summed E-state index contributed by atoms with van der Waals surface area (Å²) >= 11 is 3.27. The monoisotopic (exact) mass is 429 g/mol. The second kappa shape index (κ2) is 7.87. The highest BCUT2D eigenvalue weighted by Gasteiger charge is 2.25. The third-order valence-corrected chi connectivity index (χ3v) is 8.32. The number of nitrogens with one attached hydrogen (secondary N) is 1. The van der Waals surface area contributed by atoms with Crippen LogP contribution in [-0.4, -0.2) is 37.3 Å². The highest BCUT2D eigenvalue weighted by molar-refractivity contribution is 7.99. The fourth-order valence-electron chi connectivity index (χ4n) is 4.71. The minimum Gasteiger partial charge on any atom is -0.353 e. The van der Waals surface area contributed by atoms with Crippen molar-refractivity contribution in [3.05, 3.63) is 16.3 Å². The summed E-state index contributed by atoms with van der Waals surface area (Å²) in [5.41, 5.74) is 2.31. The van der Waals surface area contributed by atoms with E-state index in [-0.39, 0.29) is 5.91 Å². The van der Waals surface area contributed by atoms with Crippen molar-refractivity contribution in [1.82, 2.24) is 24.9 Å². The molecule has 2 aliphatic carbocycles. The van der Waals surface area contributed by atoms with Crippen molar-refractivity contribution in [3.8, 4) is 0 Å². The first kappa shape index (κ1) is 19.3. The van der Waals surface area contributed by atoms with Gasteiger partial charge in [-0.15, -0.1) is 21.5 Å². The second-order valence-electron chi connectivity index (χ2n) is 8.52. The van der Waals surface area contributed by atoms with Gasteiger partial charge in [-0.05, 0) is 50.5 Å². The molecule has 0 aromatic carbocycles. The number of carbonyl (C=O) groups is 1. The zero-order valence-electron chi connectivity index (χ0n) is 17.0. The third-order valence-electron chi connectivity index (χ3n) is 6.24. The molecule has 1 N–H and O–H groups in total. The van der Waals surface area contributed by atoms with Crippen LogP contribution in [0, 0.1) is 12.8 Å². The Morgan fingerprint density at radius 1 is 1.24 bits per heavy atom. The van der Waals surface area contributed by atoms with E-state index >= 15 is 0 Å². The van der Waals surface area contributed by atoms with Gasteiger partial charge in [0.1, 0.15) is 10.7 Å². The van der Waals surface area contributed by atoms with Crippen LogP contribution in [0.3, 0.4) is 0 Å². The average Bonchev–Trinajstić information content (AvgIpc) is 3.28. The van der Waals surface area contributed by atoms with Crippen molar-refractivity contribution in [2.45, 2.75) is 76.4 Å². The topological polar surface area (TPSA) is 72.2 Å². The van der Waals surface area contributed by atoms with E-state index in [2.05, 4.69) is 22.4 Å². The summed E-state index contributed by atoms with van der Waals surface area (Å²) in [5.74, 6) is 2.08. The van der Waals surface area contributed by atoms with E-state index in [9.17, 15) is 4.79 Å². The lowest BCUT2D eigenvalue weighted by Crippen LogP contribution is -2.37. The standard InChI is InChI=1S/C21H27N5OS2/c1-12-8-9-15-16(10-12)29-20-18(15)19-24-25-21(26(19)13(2)22-20)28-11-17(27)23-14-6-4-3-5-7-14/h12,14H,3-11H2,1-2H3,(H,23,27). The minimum atomic E-state index is 0.0900. The molecule has 154 valence electrons. The maximum atomic E-state index is 12.4. The zero-order chi connectivity index (χ0) is 20.0. The molecule has 0 radical (unpaired) electrons. The van der Waals surface area contributed by atoms with Crippen molar-refractivity contribution in [2.75, 3.05) is 5.75 Å². The van der Waals surface area contributed by atoms with Gasteiger partial charge in [-0.25, -0.2) is 4.98 Å². The number of thioether (sulfide) groups is 1. The lowest BCUT2D eigenvalue weighted by molar-refractivity contribution is -0.119. The number of carbonyl (C=O) groups excluding carboxylic acids is 1. The van der Waals surface area contributed by atoms with Crippen LogP contribution in [0.4, 0.5) is 0 Å². The molecule has 8 heteroatoms. The van der Waals surface area contributed by atoms with Crippen LogP contribution in [0.5, 0.6) is 0 Å². The maximum absolute atomic E-state index is 12.4. The van der Waals surface area contributed by atoms with Gasteiger partial charge in [0.15, 0.2) is 10.8 Å². The summed E-state index contributed by atoms with van der Waals surface area (Å²) in [6, 6.07) is 0.342. The highest BCUT2D eigenvalue weighted by Crippen LogP contribution is 2.39. The smallest absolute Gasteiger partial charge is 0.230 e. The summed E-state index contributed by atoms with van der Waals surface area (Å²) in [5, 5.41) is 14.1. The van der Waals surface area contributed by atoms with Crippen molar-refractivity contribution < 1.29 is 4.79 Å². The second-order valence-corrected chi connectivity index (χ2v) is 10.5. The Hall–Kier alpha value is -1.67. The Labute approximate surface area is 178 Å². The fraction of sp³-hybridized carbons (Fsp3) is 0.619. The third kappa shape index (κ3) is 3.65. The quantitative estimate of drug-likeness (QED) is 0.626. The molecule has 0 spiro atoms. The first-order chi connectivity index (χ1) is 14.1. The summed E-state index contributed by atoms with van der Waals surface area (Å²) in [6.07, 6.45) is 9.39. The van der Waals surface area contributed by atoms with Crippen molar-refractivity contribution in [1.29, 1.82) is 0 Å². The molecular weight excluding hydrogens is 402 g/mol. The predicted molar refractivity (Wildman–Crippen MR) is 118 cm³/mol. The van der Waals surface area contributed by atoms with E-state index in [1.165, 1.54) is 53.3 Å². The molecule has 1 saturated carbocycles. The van der Waals surface area contributed by atoms with Gasteiger partial charge in [0.05, 0.1) is 11.1 Å². The lowest BCUT2D eigenvalue weighted by Gasteiger charge is -2.22. The number of rotatable bonds is 4. The van der Waals surface area contributed by atoms with Crippen molar-refractivity contribution in [2.24, 2.45) is 5.92 Å². The van der Waals surface area contributed by atoms with Gasteiger partial charge in [0.2, 0.25) is 5.91 Å². The van der Waals surface area contributed by atoms with Crippen LogP contribution in [-0.2, 0) is 17.6 Å². The Morgan fingerprint density at radius 3 is 2.90 bits per heavy atom. The number of fused-ring (bicyclic) bond motifs is 5. The van der Waals surface area contributed by atoms with Crippen LogP contribution in [0.25, 0.3) is 15.9 Å². The lowest BCUT2D eigenvalue weighted by atomic mass is 9.89. The minimum absolute atomic E-state index is 0.0900. The molecule has 1 atom stereocenters. The normalized spacial score (nSPS) is 20.3. The summed E-state index contributed by atoms with van der Waals surface area (Å²) in [7, 11) is 0. The number of aryl methyl sites for hydroxylation is 2. The molecule has 0 saturated heterocycles. The van der Waals surface area contributed by atoms with Gasteiger partial charge in [-0.2, -0.15) is 0 Å². The maximum Gasteiger partial charge on any atom is 0.230 e. The van der Waals surface area contributed by atoms with Gasteiger partial charge in [0, 0.05) is 10.9 Å². The van der Waals surface area contributed by atoms with Gasteiger partial charge in [-0.1, -0.05) is 37.9 Å². The number of aromatic nitrogens is 4. The zero-order valence-corrected chi connectivity index (χ0v) is 18.7. The number of thiophene rings is 1. The Balaban J connectivity index is 1.40. The molecular formula is C21H27N5OS2. The Morgan fingerprint density at radius 2 is 2.07 bits per heavy atom. The van der Waals surface area contributed by atoms with E-state index in [4.69, 9.17) is 4.98 Å². The first-order valence-electron chi connectivity index (χ1n) is 10.7. The molecule has 0 bridgehead atoms. The molecule has 3 aromatic heterocycles. The predicted octanol–water partition coefficient (Wildman–Crippen LogP) is 4.31. The molecule has 3 heterocycles. The van der Waals surface area contributed by atoms with Gasteiger partial charge in [0.25, 0.3) is 0 Å². The van der Waals surface area contributed by atoms with Gasteiger partial charge < -0.3 is 5.32 Å². The van der Waals surface area contributed by atoms with E-state index in [0.717, 1.165) is 53.1 Å². The molecule has 5 rings (SSSR count). The SMILES string of the molecule is Cc1nc2sc3c(c2c2nnc(SCC(=O)NC4CCCCC4)n12)CCC(C)C3. The number of hydrogen-bond donors (Lipinski definition) is 1. The number of amides is 1. The Kier molecular flexibility index (Phi) is 5.24. The van der Waals surface area contributed by atoms with E-state index in [1.807, 2.05) is 22.7 Å². The van der Waals surface area contributed by atoms with Crippen LogP contribution in [0.1, 0.15) is 61.7 Å². The van der Waals surface area contributed by atoms with Crippen molar-refractivity contribution in [3.63, 3.8) is 0 Å². The summed E-state index contributed by atoms with van der Waals surface area (Å²) in [4.78, 5) is 19.8. The van der Waals surface area contributed by atoms with Crippen LogP contribution in [0.2, 0.25) is 0 Å². The molecule has 6 nitrogen and oxygen atoms in total. The van der Waals surface area contributed by atoms with Gasteiger partial charge >= 0.3 is 0 Å². The molecule has 1 unspecified atom stereocenters. The molecule has 0 aliphatic heterocycles. The van der Waals surface area contributed by atoms with E-state index < -0.39 is 0 Å². The summed E-state index contributed by atoms with van der Waals surface area (Å²) in [6.45, 7) is 4.33. The molecule has 1 fully saturated rings. The largest absolute Gasteiger partial charge is 0.353 e. The van der Waals surface area contributed by atoms with Crippen molar-refractivity contribution >= 4 is 44.9 Å². The highest BCUT2D eigenvalue weighted by atomic mass is 32.2. The Bertz CT molecular complexity index is 1070.